The van der Waals surface area contributed by atoms with Crippen molar-refractivity contribution >= 4 is 11.9 Å². The molecule has 1 aromatic carbocycles. The van der Waals surface area contributed by atoms with Gasteiger partial charge in [-0.25, -0.2) is 4.79 Å². The van der Waals surface area contributed by atoms with Gasteiger partial charge in [-0.2, -0.15) is 0 Å². The summed E-state index contributed by atoms with van der Waals surface area (Å²) in [6.45, 7) is 0.925. The summed E-state index contributed by atoms with van der Waals surface area (Å²) in [6, 6.07) is 7.66. The molecule has 1 saturated heterocycles. The van der Waals surface area contributed by atoms with Crippen LogP contribution in [0.1, 0.15) is 18.0 Å². The van der Waals surface area contributed by atoms with E-state index >= 15 is 0 Å². The van der Waals surface area contributed by atoms with Crippen LogP contribution in [0, 0.1) is 5.92 Å². The number of hydrogen-bond acceptors (Lipinski definition) is 3. The third kappa shape index (κ3) is 2.87. The summed E-state index contributed by atoms with van der Waals surface area (Å²) in [5, 5.41) is 11.7. The minimum Gasteiger partial charge on any atom is -0.479 e. The lowest BCUT2D eigenvalue weighted by Gasteiger charge is -2.17. The van der Waals surface area contributed by atoms with E-state index < -0.39 is 12.0 Å². The van der Waals surface area contributed by atoms with E-state index in [1.54, 1.807) is 30.3 Å². The lowest BCUT2D eigenvalue weighted by molar-refractivity contribution is -0.142. The van der Waals surface area contributed by atoms with Crippen molar-refractivity contribution in [2.24, 2.45) is 5.92 Å². The average Bonchev–Trinajstić information content (AvgIpc) is 2.90. The van der Waals surface area contributed by atoms with E-state index in [-0.39, 0.29) is 11.8 Å². The number of rotatable bonds is 4. The summed E-state index contributed by atoms with van der Waals surface area (Å²) >= 11 is 0. The normalized spacial score (nSPS) is 20.3. The number of nitrogens with one attached hydrogen (secondary N) is 1. The van der Waals surface area contributed by atoms with E-state index in [4.69, 9.17) is 4.74 Å². The molecular weight excluding hydrogens is 234 g/mol. The van der Waals surface area contributed by atoms with Crippen LogP contribution < -0.4 is 5.32 Å². The maximum atomic E-state index is 11.9. The van der Waals surface area contributed by atoms with Crippen molar-refractivity contribution in [3.05, 3.63) is 35.9 Å². The third-order valence-electron chi connectivity index (χ3n) is 2.97. The molecule has 0 radical (unpaired) electrons. The summed E-state index contributed by atoms with van der Waals surface area (Å²) in [5.41, 5.74) is 0.567. The van der Waals surface area contributed by atoms with Crippen LogP contribution >= 0.6 is 0 Å². The van der Waals surface area contributed by atoms with Crippen LogP contribution in [-0.2, 0) is 14.3 Å². The molecule has 2 atom stereocenters. The number of benzene rings is 1. The van der Waals surface area contributed by atoms with Crippen molar-refractivity contribution in [1.29, 1.82) is 0 Å². The molecule has 0 aromatic heterocycles. The Labute approximate surface area is 105 Å². The third-order valence-corrected chi connectivity index (χ3v) is 2.97. The van der Waals surface area contributed by atoms with Crippen LogP contribution in [0.2, 0.25) is 0 Å². The first-order valence-electron chi connectivity index (χ1n) is 5.84. The number of aliphatic carboxylic acids is 1. The van der Waals surface area contributed by atoms with Gasteiger partial charge in [-0.3, -0.25) is 4.79 Å². The van der Waals surface area contributed by atoms with Gasteiger partial charge in [-0.1, -0.05) is 30.3 Å². The molecule has 96 valence electrons. The van der Waals surface area contributed by atoms with E-state index in [2.05, 4.69) is 5.32 Å². The fraction of sp³-hybridized carbons (Fsp3) is 0.385. The van der Waals surface area contributed by atoms with Gasteiger partial charge in [-0.05, 0) is 12.0 Å². The van der Waals surface area contributed by atoms with E-state index in [0.29, 0.717) is 25.2 Å². The highest BCUT2D eigenvalue weighted by atomic mass is 16.5. The fourth-order valence-electron chi connectivity index (χ4n) is 1.93. The molecule has 5 nitrogen and oxygen atoms in total. The predicted octanol–water partition coefficient (Wildman–Crippen LogP) is 0.965. The molecule has 5 heteroatoms. The van der Waals surface area contributed by atoms with Gasteiger partial charge in [-0.15, -0.1) is 0 Å². The molecule has 0 unspecified atom stereocenters. The summed E-state index contributed by atoms with van der Waals surface area (Å²) in [5.74, 6) is -1.56. The lowest BCUT2D eigenvalue weighted by atomic mass is 10.0. The minimum absolute atomic E-state index is 0.240. The maximum Gasteiger partial charge on any atom is 0.330 e. The Balaban J connectivity index is 2.07. The zero-order valence-corrected chi connectivity index (χ0v) is 9.83. The molecule has 1 aliphatic rings. The molecule has 2 N–H and O–H groups in total. The van der Waals surface area contributed by atoms with Crippen molar-refractivity contribution in [2.45, 2.75) is 12.5 Å². The predicted molar refractivity (Wildman–Crippen MR) is 63.9 cm³/mol. The molecule has 1 aliphatic heterocycles. The molecule has 1 aromatic rings. The maximum absolute atomic E-state index is 11.9. The molecule has 18 heavy (non-hydrogen) atoms. The van der Waals surface area contributed by atoms with Gasteiger partial charge in [0.1, 0.15) is 0 Å². The molecule has 1 heterocycles. The van der Waals surface area contributed by atoms with Crippen LogP contribution in [0.3, 0.4) is 0 Å². The largest absolute Gasteiger partial charge is 0.479 e. The molecule has 0 saturated carbocycles. The van der Waals surface area contributed by atoms with Crippen molar-refractivity contribution in [3.63, 3.8) is 0 Å². The first kappa shape index (κ1) is 12.6. The van der Waals surface area contributed by atoms with Crippen LogP contribution in [0.15, 0.2) is 30.3 Å². The molecule has 1 amide bonds. The van der Waals surface area contributed by atoms with Gasteiger partial charge < -0.3 is 15.2 Å². The molecular formula is C13H15NO4. The lowest BCUT2D eigenvalue weighted by Crippen LogP contribution is -2.37. The second-order valence-corrected chi connectivity index (χ2v) is 4.25. The number of carbonyl (C=O) groups excluding carboxylic acids is 1. The summed E-state index contributed by atoms with van der Waals surface area (Å²) < 4.78 is 5.12. The Morgan fingerprint density at radius 1 is 1.33 bits per heavy atom. The molecule has 0 bridgehead atoms. The number of carboxylic acid groups (broad SMARTS) is 1. The standard InChI is InChI=1S/C13H15NO4/c15-12(10-6-7-18-8-10)14-11(13(16)17)9-4-2-1-3-5-9/h1-5,10-11H,6-8H2,(H,14,15)(H,16,17)/t10-,11+/m1/s1. The first-order valence-corrected chi connectivity index (χ1v) is 5.84. The van der Waals surface area contributed by atoms with Crippen LogP contribution in [-0.4, -0.2) is 30.2 Å². The number of hydrogen-bond donors (Lipinski definition) is 2. The highest BCUT2D eigenvalue weighted by Crippen LogP contribution is 2.17. The van der Waals surface area contributed by atoms with Gasteiger partial charge in [0.15, 0.2) is 6.04 Å². The smallest absolute Gasteiger partial charge is 0.330 e. The quantitative estimate of drug-likeness (QED) is 0.833. The van der Waals surface area contributed by atoms with Crippen LogP contribution in [0.4, 0.5) is 0 Å². The summed E-state index contributed by atoms with van der Waals surface area (Å²) in [4.78, 5) is 23.1. The molecule has 1 fully saturated rings. The Hall–Kier alpha value is -1.88. The fourth-order valence-corrected chi connectivity index (χ4v) is 1.93. The SMILES string of the molecule is O=C(N[C@H](C(=O)O)c1ccccc1)[C@@H]1CCOC1. The first-order chi connectivity index (χ1) is 8.68. The zero-order valence-electron chi connectivity index (χ0n) is 9.83. The number of ether oxygens (including phenoxy) is 1. The topological polar surface area (TPSA) is 75.6 Å². The van der Waals surface area contributed by atoms with E-state index in [9.17, 15) is 14.7 Å². The van der Waals surface area contributed by atoms with Gasteiger partial charge in [0.25, 0.3) is 0 Å². The van der Waals surface area contributed by atoms with Gasteiger partial charge >= 0.3 is 5.97 Å². The average molecular weight is 249 g/mol. The van der Waals surface area contributed by atoms with Crippen molar-refractivity contribution < 1.29 is 19.4 Å². The molecule has 2 rings (SSSR count). The van der Waals surface area contributed by atoms with Gasteiger partial charge in [0.2, 0.25) is 5.91 Å². The van der Waals surface area contributed by atoms with Crippen molar-refractivity contribution in [2.75, 3.05) is 13.2 Å². The monoisotopic (exact) mass is 249 g/mol. The summed E-state index contributed by atoms with van der Waals surface area (Å²) in [7, 11) is 0. The Morgan fingerprint density at radius 3 is 2.61 bits per heavy atom. The van der Waals surface area contributed by atoms with Gasteiger partial charge in [0.05, 0.1) is 12.5 Å². The highest BCUT2D eigenvalue weighted by Gasteiger charge is 2.28. The molecule has 0 spiro atoms. The second-order valence-electron chi connectivity index (χ2n) is 4.25. The van der Waals surface area contributed by atoms with E-state index in [1.165, 1.54) is 0 Å². The molecule has 0 aliphatic carbocycles. The number of carbonyl (C=O) groups is 2. The van der Waals surface area contributed by atoms with Crippen molar-refractivity contribution in [3.8, 4) is 0 Å². The zero-order chi connectivity index (χ0) is 13.0. The van der Waals surface area contributed by atoms with Crippen LogP contribution in [0.5, 0.6) is 0 Å². The van der Waals surface area contributed by atoms with Gasteiger partial charge in [0, 0.05) is 6.61 Å². The van der Waals surface area contributed by atoms with E-state index in [0.717, 1.165) is 0 Å². The van der Waals surface area contributed by atoms with Crippen LogP contribution in [0.25, 0.3) is 0 Å². The van der Waals surface area contributed by atoms with E-state index in [1.807, 2.05) is 0 Å². The second kappa shape index (κ2) is 5.64. The number of carboxylic acids is 1. The summed E-state index contributed by atoms with van der Waals surface area (Å²) in [6.07, 6.45) is 0.646. The Morgan fingerprint density at radius 2 is 2.06 bits per heavy atom. The van der Waals surface area contributed by atoms with Crippen molar-refractivity contribution in [1.82, 2.24) is 5.32 Å². The Bertz CT molecular complexity index is 426. The minimum atomic E-state index is -1.06. The number of amides is 1. The Kier molecular flexibility index (Phi) is 3.94. The highest BCUT2D eigenvalue weighted by molar-refractivity contribution is 5.86.